The fourth-order valence-electron chi connectivity index (χ4n) is 4.30. The molecule has 0 bridgehead atoms. The van der Waals surface area contributed by atoms with Crippen LogP contribution in [0.25, 0.3) is 5.76 Å². The van der Waals surface area contributed by atoms with Crippen LogP contribution < -0.4 is 9.64 Å². The van der Waals surface area contributed by atoms with Gasteiger partial charge in [0.15, 0.2) is 4.34 Å². The minimum absolute atomic E-state index is 0.0484. The topological polar surface area (TPSA) is 92.6 Å². The van der Waals surface area contributed by atoms with Gasteiger partial charge in [0.2, 0.25) is 5.13 Å². The molecule has 0 spiro atoms. The van der Waals surface area contributed by atoms with Crippen molar-refractivity contribution in [2.45, 2.75) is 35.9 Å². The number of hydrogen-bond donors (Lipinski definition) is 1. The molecule has 0 radical (unpaired) electrons. The number of halogens is 2. The predicted octanol–water partition coefficient (Wildman–Crippen LogP) is 7.54. The Balaban J connectivity index is 1.51. The number of Topliss-reactive ketones (excluding diaryl/α,β-unsaturated/α-hetero) is 1. The standard InChI is InChI=1S/C30H25BrFN3O4S2/c1-2-3-16-39-22-14-10-18(11-15-22)25-24(26(36)19-8-12-21(31)13-9-19)27(37)28(38)35(25)29-33-34-30(41-29)40-17-20-6-4-5-7-23(20)32/h4-15,25,36H,2-3,16-17H2,1H3/b26-24-. The van der Waals surface area contributed by atoms with E-state index in [4.69, 9.17) is 4.74 Å². The van der Waals surface area contributed by atoms with Gasteiger partial charge in [-0.3, -0.25) is 14.5 Å². The molecule has 1 fully saturated rings. The van der Waals surface area contributed by atoms with Gasteiger partial charge < -0.3 is 9.84 Å². The van der Waals surface area contributed by atoms with Gasteiger partial charge in [0.1, 0.15) is 17.3 Å². The number of aliphatic hydroxyl groups is 1. The third kappa shape index (κ3) is 6.37. The van der Waals surface area contributed by atoms with E-state index in [9.17, 15) is 19.1 Å². The Labute approximate surface area is 253 Å². The summed E-state index contributed by atoms with van der Waals surface area (Å²) in [5.74, 6) is -1.26. The molecule has 1 amide bonds. The zero-order chi connectivity index (χ0) is 28.9. The first-order chi connectivity index (χ1) is 19.9. The van der Waals surface area contributed by atoms with Crippen LogP contribution in [0, 0.1) is 5.82 Å². The zero-order valence-corrected chi connectivity index (χ0v) is 25.1. The molecule has 1 saturated heterocycles. The highest BCUT2D eigenvalue weighted by Gasteiger charge is 2.48. The van der Waals surface area contributed by atoms with E-state index in [0.29, 0.717) is 39.1 Å². The molecule has 5 rings (SSSR count). The molecule has 7 nitrogen and oxygen atoms in total. The van der Waals surface area contributed by atoms with Crippen molar-refractivity contribution in [3.05, 3.63) is 105 Å². The monoisotopic (exact) mass is 653 g/mol. The van der Waals surface area contributed by atoms with Crippen molar-refractivity contribution in [2.24, 2.45) is 0 Å². The summed E-state index contributed by atoms with van der Waals surface area (Å²) in [4.78, 5) is 28.1. The molecule has 1 aliphatic rings. The van der Waals surface area contributed by atoms with Crippen LogP contribution >= 0.6 is 39.0 Å². The number of ketones is 1. The molecule has 0 aliphatic carbocycles. The number of aliphatic hydroxyl groups excluding tert-OH is 1. The molecule has 4 aromatic rings. The van der Waals surface area contributed by atoms with Crippen LogP contribution in [0.1, 0.15) is 42.5 Å². The summed E-state index contributed by atoms with van der Waals surface area (Å²) in [5, 5.41) is 19.9. The summed E-state index contributed by atoms with van der Waals surface area (Å²) in [6.45, 7) is 2.66. The number of thioether (sulfide) groups is 1. The van der Waals surface area contributed by atoms with E-state index in [2.05, 4.69) is 33.1 Å². The number of carbonyl (C=O) groups excluding carboxylic acids is 2. The Morgan fingerprint density at radius 3 is 2.51 bits per heavy atom. The molecule has 210 valence electrons. The number of rotatable bonds is 10. The maximum absolute atomic E-state index is 14.1. The van der Waals surface area contributed by atoms with E-state index in [1.807, 2.05) is 0 Å². The van der Waals surface area contributed by atoms with Crippen LogP contribution in [-0.2, 0) is 15.3 Å². The van der Waals surface area contributed by atoms with Gasteiger partial charge in [0, 0.05) is 15.8 Å². The number of amides is 1. The number of anilines is 1. The van der Waals surface area contributed by atoms with E-state index < -0.39 is 17.7 Å². The molecule has 1 aliphatic heterocycles. The van der Waals surface area contributed by atoms with Gasteiger partial charge in [-0.25, -0.2) is 4.39 Å². The largest absolute Gasteiger partial charge is 0.507 e. The lowest BCUT2D eigenvalue weighted by atomic mass is 9.95. The first-order valence-electron chi connectivity index (χ1n) is 12.9. The van der Waals surface area contributed by atoms with Crippen molar-refractivity contribution in [2.75, 3.05) is 11.5 Å². The van der Waals surface area contributed by atoms with Gasteiger partial charge in [-0.1, -0.05) is 94.8 Å². The summed E-state index contributed by atoms with van der Waals surface area (Å²) in [6, 6.07) is 19.4. The Kier molecular flexibility index (Phi) is 9.16. The molecule has 41 heavy (non-hydrogen) atoms. The molecule has 0 saturated carbocycles. The fourth-order valence-corrected chi connectivity index (χ4v) is 6.42. The highest BCUT2D eigenvalue weighted by atomic mass is 79.9. The SMILES string of the molecule is CCCCOc1ccc(C2/C(=C(/O)c3ccc(Br)cc3)C(=O)C(=O)N2c2nnc(SCc3ccccc3F)s2)cc1. The second kappa shape index (κ2) is 13.0. The number of aromatic nitrogens is 2. The van der Waals surface area contributed by atoms with E-state index in [1.165, 1.54) is 22.7 Å². The van der Waals surface area contributed by atoms with E-state index in [-0.39, 0.29) is 22.3 Å². The average molecular weight is 655 g/mol. The smallest absolute Gasteiger partial charge is 0.301 e. The van der Waals surface area contributed by atoms with Crippen LogP contribution in [0.5, 0.6) is 5.75 Å². The average Bonchev–Trinajstić information content (AvgIpc) is 3.55. The number of ether oxygens (including phenoxy) is 1. The quantitative estimate of drug-likeness (QED) is 0.0472. The minimum atomic E-state index is -0.944. The third-order valence-electron chi connectivity index (χ3n) is 6.44. The van der Waals surface area contributed by atoms with Crippen molar-refractivity contribution in [3.63, 3.8) is 0 Å². The molecule has 1 aromatic heterocycles. The Morgan fingerprint density at radius 2 is 1.80 bits per heavy atom. The molecule has 3 aromatic carbocycles. The number of carbonyl (C=O) groups is 2. The van der Waals surface area contributed by atoms with Crippen molar-refractivity contribution < 1.29 is 23.8 Å². The van der Waals surface area contributed by atoms with Crippen molar-refractivity contribution in [1.82, 2.24) is 10.2 Å². The first-order valence-corrected chi connectivity index (χ1v) is 15.5. The van der Waals surface area contributed by atoms with Gasteiger partial charge in [-0.2, -0.15) is 0 Å². The number of benzene rings is 3. The van der Waals surface area contributed by atoms with Crippen LogP contribution in [0.2, 0.25) is 0 Å². The molecular weight excluding hydrogens is 629 g/mol. The van der Waals surface area contributed by atoms with E-state index >= 15 is 0 Å². The highest BCUT2D eigenvalue weighted by Crippen LogP contribution is 2.44. The highest BCUT2D eigenvalue weighted by molar-refractivity contribution is 9.10. The van der Waals surface area contributed by atoms with Crippen molar-refractivity contribution in [1.29, 1.82) is 0 Å². The summed E-state index contributed by atoms with van der Waals surface area (Å²) in [7, 11) is 0. The minimum Gasteiger partial charge on any atom is -0.507 e. The van der Waals surface area contributed by atoms with Crippen LogP contribution in [0.15, 0.2) is 87.2 Å². The van der Waals surface area contributed by atoms with Crippen LogP contribution in [0.3, 0.4) is 0 Å². The number of hydrogen-bond acceptors (Lipinski definition) is 8. The van der Waals surface area contributed by atoms with Gasteiger partial charge in [0.05, 0.1) is 18.2 Å². The third-order valence-corrected chi connectivity index (χ3v) is 9.07. The van der Waals surface area contributed by atoms with Crippen molar-refractivity contribution >= 4 is 61.6 Å². The maximum Gasteiger partial charge on any atom is 0.301 e. The van der Waals surface area contributed by atoms with Gasteiger partial charge >= 0.3 is 5.91 Å². The van der Waals surface area contributed by atoms with Gasteiger partial charge in [0.25, 0.3) is 5.78 Å². The van der Waals surface area contributed by atoms with Gasteiger partial charge in [-0.15, -0.1) is 10.2 Å². The second-order valence-electron chi connectivity index (χ2n) is 9.18. The molecule has 11 heteroatoms. The van der Waals surface area contributed by atoms with Crippen molar-refractivity contribution in [3.8, 4) is 5.75 Å². The summed E-state index contributed by atoms with van der Waals surface area (Å²) in [6.07, 6.45) is 1.93. The molecule has 1 atom stereocenters. The number of unbranched alkanes of at least 4 members (excludes halogenated alkanes) is 1. The second-order valence-corrected chi connectivity index (χ2v) is 12.3. The van der Waals surface area contributed by atoms with Gasteiger partial charge in [-0.05, 0) is 47.9 Å². The Hall–Kier alpha value is -3.54. The molecule has 1 N–H and O–H groups in total. The lowest BCUT2D eigenvalue weighted by molar-refractivity contribution is -0.132. The van der Waals surface area contributed by atoms with Crippen LogP contribution in [0.4, 0.5) is 9.52 Å². The lowest BCUT2D eigenvalue weighted by Crippen LogP contribution is -2.29. The fraction of sp³-hybridized carbons (Fsp3) is 0.200. The van der Waals surface area contributed by atoms with Crippen LogP contribution in [-0.4, -0.2) is 33.6 Å². The molecule has 1 unspecified atom stereocenters. The summed E-state index contributed by atoms with van der Waals surface area (Å²) in [5.41, 5.74) is 1.47. The lowest BCUT2D eigenvalue weighted by Gasteiger charge is -2.22. The molecule has 2 heterocycles. The Morgan fingerprint density at radius 1 is 1.07 bits per heavy atom. The first kappa shape index (κ1) is 29.0. The zero-order valence-electron chi connectivity index (χ0n) is 21.9. The van der Waals surface area contributed by atoms with E-state index in [1.54, 1.807) is 66.7 Å². The maximum atomic E-state index is 14.1. The summed E-state index contributed by atoms with van der Waals surface area (Å²) >= 11 is 5.78. The summed E-state index contributed by atoms with van der Waals surface area (Å²) < 4.78 is 21.2. The predicted molar refractivity (Wildman–Crippen MR) is 162 cm³/mol. The number of nitrogens with zero attached hydrogens (tertiary/aromatic N) is 3. The Bertz CT molecular complexity index is 1590. The van der Waals surface area contributed by atoms with E-state index in [0.717, 1.165) is 28.7 Å². The molecular formula is C30H25BrFN3O4S2. The normalized spacial score (nSPS) is 16.4.